The molecule has 0 amide bonds. The summed E-state index contributed by atoms with van der Waals surface area (Å²) in [5, 5.41) is 11.1. The Morgan fingerprint density at radius 1 is 1.33 bits per heavy atom. The molecule has 0 unspecified atom stereocenters. The largest absolute Gasteiger partial charge is 0.347 e. The molecule has 0 aliphatic rings. The second kappa shape index (κ2) is 5.00. The molecular formula is C13H14N2O3. The molecule has 1 aromatic heterocycles. The fourth-order valence-corrected chi connectivity index (χ4v) is 1.94. The molecule has 1 aromatic carbocycles. The van der Waals surface area contributed by atoms with E-state index in [1.54, 1.807) is 12.3 Å². The smallest absolute Gasteiger partial charge is 0.270 e. The van der Waals surface area contributed by atoms with Crippen molar-refractivity contribution in [3.8, 4) is 0 Å². The molecule has 0 fully saturated rings. The summed E-state index contributed by atoms with van der Waals surface area (Å²) in [4.78, 5) is 22.0. The highest BCUT2D eigenvalue weighted by Gasteiger charge is 2.09. The number of rotatable bonds is 4. The molecule has 0 atom stereocenters. The molecule has 94 valence electrons. The summed E-state index contributed by atoms with van der Waals surface area (Å²) in [5.41, 5.74) is 0.524. The van der Waals surface area contributed by atoms with Gasteiger partial charge in [-0.15, -0.1) is 0 Å². The highest BCUT2D eigenvalue weighted by molar-refractivity contribution is 5.81. The van der Waals surface area contributed by atoms with E-state index in [2.05, 4.69) is 6.92 Å². The Balaban J connectivity index is 2.61. The molecule has 5 heteroatoms. The zero-order chi connectivity index (χ0) is 13.1. The lowest BCUT2D eigenvalue weighted by atomic mass is 10.2. The third kappa shape index (κ3) is 2.25. The van der Waals surface area contributed by atoms with Gasteiger partial charge in [0.1, 0.15) is 0 Å². The number of fused-ring (bicyclic) bond motifs is 1. The van der Waals surface area contributed by atoms with E-state index >= 15 is 0 Å². The molecule has 18 heavy (non-hydrogen) atoms. The van der Waals surface area contributed by atoms with Gasteiger partial charge in [0, 0.05) is 30.9 Å². The van der Waals surface area contributed by atoms with E-state index in [9.17, 15) is 14.9 Å². The lowest BCUT2D eigenvalue weighted by molar-refractivity contribution is -0.384. The Hall–Kier alpha value is -2.17. The monoisotopic (exact) mass is 246 g/mol. The summed E-state index contributed by atoms with van der Waals surface area (Å²) in [5.74, 6) is 0. The number of nitro groups is 1. The number of pyridine rings is 1. The van der Waals surface area contributed by atoms with Crippen molar-refractivity contribution in [1.82, 2.24) is 4.57 Å². The number of aryl methyl sites for hydroxylation is 1. The van der Waals surface area contributed by atoms with E-state index in [1.807, 2.05) is 4.57 Å². The number of non-ortho nitro benzene ring substituents is 1. The SMILES string of the molecule is CCCCn1ccc(=O)c2cc([N+](=O)[O-])ccc21. The molecule has 0 aliphatic heterocycles. The van der Waals surface area contributed by atoms with Crippen LogP contribution in [0.3, 0.4) is 0 Å². The van der Waals surface area contributed by atoms with Crippen LogP contribution in [0.2, 0.25) is 0 Å². The molecule has 1 heterocycles. The number of nitrogens with zero attached hydrogens (tertiary/aromatic N) is 2. The third-order valence-corrected chi connectivity index (χ3v) is 2.92. The van der Waals surface area contributed by atoms with Crippen LogP contribution in [0.15, 0.2) is 35.3 Å². The van der Waals surface area contributed by atoms with Crippen LogP contribution in [0.5, 0.6) is 0 Å². The maximum Gasteiger partial charge on any atom is 0.270 e. The standard InChI is InChI=1S/C13H14N2O3/c1-2-3-7-14-8-6-13(16)11-9-10(15(17)18)4-5-12(11)14/h4-6,8-9H,2-3,7H2,1H3. The molecule has 2 rings (SSSR count). The molecule has 0 aliphatic carbocycles. The summed E-state index contributed by atoms with van der Waals surface area (Å²) < 4.78 is 1.96. The summed E-state index contributed by atoms with van der Waals surface area (Å²) >= 11 is 0. The predicted octanol–water partition coefficient (Wildman–Crippen LogP) is 2.71. The van der Waals surface area contributed by atoms with Crippen molar-refractivity contribution in [2.24, 2.45) is 0 Å². The predicted molar refractivity (Wildman–Crippen MR) is 69.8 cm³/mol. The first-order chi connectivity index (χ1) is 8.63. The average molecular weight is 246 g/mol. The number of hydrogen-bond donors (Lipinski definition) is 0. The van der Waals surface area contributed by atoms with Crippen molar-refractivity contribution in [2.75, 3.05) is 0 Å². The van der Waals surface area contributed by atoms with Crippen molar-refractivity contribution >= 4 is 16.6 Å². The van der Waals surface area contributed by atoms with E-state index in [-0.39, 0.29) is 11.1 Å². The lowest BCUT2D eigenvalue weighted by Gasteiger charge is -2.09. The van der Waals surface area contributed by atoms with Crippen molar-refractivity contribution in [3.63, 3.8) is 0 Å². The van der Waals surface area contributed by atoms with Gasteiger partial charge >= 0.3 is 0 Å². The maximum absolute atomic E-state index is 11.7. The highest BCUT2D eigenvalue weighted by atomic mass is 16.6. The van der Waals surface area contributed by atoms with Gasteiger partial charge in [-0.05, 0) is 12.5 Å². The Labute approximate surface area is 104 Å². The Morgan fingerprint density at radius 2 is 2.11 bits per heavy atom. The number of nitro benzene ring substituents is 1. The van der Waals surface area contributed by atoms with Gasteiger partial charge in [0.2, 0.25) is 0 Å². The topological polar surface area (TPSA) is 65.1 Å². The van der Waals surface area contributed by atoms with Crippen LogP contribution in [-0.4, -0.2) is 9.49 Å². The second-order valence-corrected chi connectivity index (χ2v) is 4.19. The fraction of sp³-hybridized carbons (Fsp3) is 0.308. The van der Waals surface area contributed by atoms with Crippen LogP contribution < -0.4 is 5.43 Å². The minimum Gasteiger partial charge on any atom is -0.347 e. The van der Waals surface area contributed by atoms with Gasteiger partial charge in [0.25, 0.3) is 5.69 Å². The first-order valence-electron chi connectivity index (χ1n) is 5.91. The fourth-order valence-electron chi connectivity index (χ4n) is 1.94. The molecule has 0 radical (unpaired) electrons. The molecule has 0 saturated heterocycles. The van der Waals surface area contributed by atoms with Crippen molar-refractivity contribution in [2.45, 2.75) is 26.3 Å². The second-order valence-electron chi connectivity index (χ2n) is 4.19. The Kier molecular flexibility index (Phi) is 3.41. The number of unbranched alkanes of at least 4 members (excludes halogenated alkanes) is 1. The van der Waals surface area contributed by atoms with Crippen molar-refractivity contribution in [1.29, 1.82) is 0 Å². The van der Waals surface area contributed by atoms with Crippen molar-refractivity contribution in [3.05, 3.63) is 50.8 Å². The van der Waals surface area contributed by atoms with Gasteiger partial charge in [0.15, 0.2) is 5.43 Å². The molecule has 0 spiro atoms. The van der Waals surface area contributed by atoms with E-state index in [0.29, 0.717) is 5.39 Å². The van der Waals surface area contributed by atoms with Crippen LogP contribution >= 0.6 is 0 Å². The molecule has 2 aromatic rings. The van der Waals surface area contributed by atoms with Gasteiger partial charge < -0.3 is 4.57 Å². The molecule has 5 nitrogen and oxygen atoms in total. The van der Waals surface area contributed by atoms with Gasteiger partial charge in [0.05, 0.1) is 15.8 Å². The van der Waals surface area contributed by atoms with Crippen molar-refractivity contribution < 1.29 is 4.92 Å². The molecule has 0 bridgehead atoms. The number of aromatic nitrogens is 1. The molecular weight excluding hydrogens is 232 g/mol. The minimum absolute atomic E-state index is 0.0483. The van der Waals surface area contributed by atoms with Gasteiger partial charge in [-0.3, -0.25) is 14.9 Å². The Morgan fingerprint density at radius 3 is 2.78 bits per heavy atom. The Bertz CT molecular complexity index is 646. The third-order valence-electron chi connectivity index (χ3n) is 2.92. The number of benzene rings is 1. The van der Waals surface area contributed by atoms with Crippen LogP contribution in [0.4, 0.5) is 5.69 Å². The lowest BCUT2D eigenvalue weighted by Crippen LogP contribution is -2.08. The van der Waals surface area contributed by atoms with Crippen LogP contribution in [0.25, 0.3) is 10.9 Å². The average Bonchev–Trinajstić information content (AvgIpc) is 2.37. The van der Waals surface area contributed by atoms with Crippen LogP contribution in [0.1, 0.15) is 19.8 Å². The van der Waals surface area contributed by atoms with E-state index in [4.69, 9.17) is 0 Å². The summed E-state index contributed by atoms with van der Waals surface area (Å²) in [6.07, 6.45) is 3.81. The normalized spacial score (nSPS) is 10.7. The van der Waals surface area contributed by atoms with Gasteiger partial charge in [-0.25, -0.2) is 0 Å². The van der Waals surface area contributed by atoms with Gasteiger partial charge in [-0.2, -0.15) is 0 Å². The first kappa shape index (κ1) is 12.3. The van der Waals surface area contributed by atoms with E-state index in [0.717, 1.165) is 24.9 Å². The minimum atomic E-state index is -0.484. The maximum atomic E-state index is 11.7. The summed E-state index contributed by atoms with van der Waals surface area (Å²) in [6.45, 7) is 2.90. The summed E-state index contributed by atoms with van der Waals surface area (Å²) in [6, 6.07) is 5.89. The zero-order valence-electron chi connectivity index (χ0n) is 10.1. The molecule has 0 N–H and O–H groups in total. The molecule has 0 saturated carbocycles. The van der Waals surface area contributed by atoms with Crippen LogP contribution in [-0.2, 0) is 6.54 Å². The van der Waals surface area contributed by atoms with Gasteiger partial charge in [-0.1, -0.05) is 13.3 Å². The quantitative estimate of drug-likeness (QED) is 0.615. The summed E-state index contributed by atoms with van der Waals surface area (Å²) in [7, 11) is 0. The zero-order valence-corrected chi connectivity index (χ0v) is 10.1. The number of hydrogen-bond acceptors (Lipinski definition) is 3. The first-order valence-corrected chi connectivity index (χ1v) is 5.91. The highest BCUT2D eigenvalue weighted by Crippen LogP contribution is 2.18. The van der Waals surface area contributed by atoms with Crippen LogP contribution in [0, 0.1) is 10.1 Å². The van der Waals surface area contributed by atoms with E-state index < -0.39 is 4.92 Å². The van der Waals surface area contributed by atoms with E-state index in [1.165, 1.54) is 18.2 Å².